The minimum Gasteiger partial charge on any atom is -0.364 e. The van der Waals surface area contributed by atoms with Crippen molar-refractivity contribution in [1.82, 2.24) is 0 Å². The molecule has 0 saturated carbocycles. The standard InChI is InChI=1S/C18H15B3F3N3/c22-19-25(16-10-4-1-5-11-16)20(23)27(18-14-8-3-9-15-18)21(24)26(19)17-12-6-2-7-13-17/h1-15H. The minimum absolute atomic E-state index is 0.325. The van der Waals surface area contributed by atoms with E-state index in [1.165, 1.54) is 0 Å². The zero-order valence-electron chi connectivity index (χ0n) is 14.4. The first-order chi connectivity index (χ1) is 13.2. The Labute approximate surface area is 157 Å². The maximum Gasteiger partial charge on any atom is 0.569 e. The first-order valence-electron chi connectivity index (χ1n) is 8.61. The largest absolute Gasteiger partial charge is 0.569 e. The van der Waals surface area contributed by atoms with Crippen molar-refractivity contribution >= 4 is 38.8 Å². The fourth-order valence-corrected chi connectivity index (χ4v) is 3.25. The van der Waals surface area contributed by atoms with Gasteiger partial charge in [-0.1, -0.05) is 54.6 Å². The van der Waals surface area contributed by atoms with Crippen LogP contribution in [0.15, 0.2) is 91.0 Å². The van der Waals surface area contributed by atoms with E-state index in [0.717, 1.165) is 14.2 Å². The van der Waals surface area contributed by atoms with Crippen LogP contribution in [0.5, 0.6) is 0 Å². The van der Waals surface area contributed by atoms with E-state index in [-0.39, 0.29) is 0 Å². The van der Waals surface area contributed by atoms with E-state index in [1.54, 1.807) is 91.0 Å². The lowest BCUT2D eigenvalue weighted by Gasteiger charge is -2.46. The molecule has 1 aliphatic rings. The van der Waals surface area contributed by atoms with E-state index in [9.17, 15) is 0 Å². The molecule has 27 heavy (non-hydrogen) atoms. The molecular formula is C18H15B3F3N3. The van der Waals surface area contributed by atoms with Gasteiger partial charge in [0.05, 0.1) is 0 Å². The summed E-state index contributed by atoms with van der Waals surface area (Å²) in [5.74, 6) is 0. The second kappa shape index (κ2) is 7.35. The monoisotopic (exact) mass is 363 g/mol. The third-order valence-electron chi connectivity index (χ3n) is 4.54. The molecule has 1 heterocycles. The fourth-order valence-electron chi connectivity index (χ4n) is 3.25. The molecule has 0 amide bonds. The van der Waals surface area contributed by atoms with Crippen LogP contribution < -0.4 is 14.2 Å². The molecule has 3 aromatic carbocycles. The Balaban J connectivity index is 1.83. The predicted molar refractivity (Wildman–Crippen MR) is 107 cm³/mol. The molecule has 0 bridgehead atoms. The minimum atomic E-state index is -2.01. The van der Waals surface area contributed by atoms with Gasteiger partial charge in [-0.2, -0.15) is 0 Å². The molecule has 0 N–H and O–H groups in total. The molecule has 0 aliphatic carbocycles. The number of hydrogen-bond acceptors (Lipinski definition) is 3. The summed E-state index contributed by atoms with van der Waals surface area (Å²) in [7, 11) is -6.04. The SMILES string of the molecule is FB1N(c2ccccc2)B(F)N(c2ccccc2)B(F)N1c1ccccc1. The number of benzene rings is 3. The maximum atomic E-state index is 15.4. The van der Waals surface area contributed by atoms with Crippen molar-refractivity contribution in [3.63, 3.8) is 0 Å². The molecule has 0 atom stereocenters. The number of rotatable bonds is 3. The molecule has 3 nitrogen and oxygen atoms in total. The van der Waals surface area contributed by atoms with Gasteiger partial charge in [-0.15, -0.1) is 0 Å². The summed E-state index contributed by atoms with van der Waals surface area (Å²) in [5, 5.41) is 0. The van der Waals surface area contributed by atoms with Gasteiger partial charge in [-0.05, 0) is 36.4 Å². The Bertz CT molecular complexity index is 746. The Morgan fingerprint density at radius 2 is 0.630 bits per heavy atom. The summed E-state index contributed by atoms with van der Waals surface area (Å²) in [6.45, 7) is 0. The predicted octanol–water partition coefficient (Wildman–Crippen LogP) is 4.38. The van der Waals surface area contributed by atoms with Crippen molar-refractivity contribution in [3.05, 3.63) is 91.0 Å². The molecule has 0 spiro atoms. The smallest absolute Gasteiger partial charge is 0.364 e. The van der Waals surface area contributed by atoms with Gasteiger partial charge < -0.3 is 14.2 Å². The molecule has 0 unspecified atom stereocenters. The molecule has 4 rings (SSSR count). The average molecular weight is 363 g/mol. The molecule has 3 aromatic rings. The van der Waals surface area contributed by atoms with Crippen LogP contribution in [-0.4, -0.2) is 21.8 Å². The Morgan fingerprint density at radius 1 is 0.407 bits per heavy atom. The molecule has 132 valence electrons. The van der Waals surface area contributed by atoms with Crippen LogP contribution in [0.4, 0.5) is 30.0 Å². The number of nitrogens with zero attached hydrogens (tertiary/aromatic N) is 3. The summed E-state index contributed by atoms with van der Waals surface area (Å²) in [5.41, 5.74) is 0.976. The zero-order valence-corrected chi connectivity index (χ0v) is 14.4. The van der Waals surface area contributed by atoms with Gasteiger partial charge in [0.15, 0.2) is 0 Å². The van der Waals surface area contributed by atoms with E-state index >= 15 is 12.9 Å². The van der Waals surface area contributed by atoms with E-state index in [2.05, 4.69) is 0 Å². The van der Waals surface area contributed by atoms with Gasteiger partial charge >= 0.3 is 21.8 Å². The highest BCUT2D eigenvalue weighted by molar-refractivity contribution is 6.99. The van der Waals surface area contributed by atoms with E-state index in [1.807, 2.05) is 0 Å². The Morgan fingerprint density at radius 3 is 0.852 bits per heavy atom. The maximum absolute atomic E-state index is 15.4. The first-order valence-corrected chi connectivity index (χ1v) is 8.61. The zero-order chi connectivity index (χ0) is 18.8. The summed E-state index contributed by atoms with van der Waals surface area (Å²) in [4.78, 5) is 0. The average Bonchev–Trinajstić information content (AvgIpc) is 2.70. The van der Waals surface area contributed by atoms with Crippen LogP contribution >= 0.6 is 0 Å². The number of para-hydroxylation sites is 3. The molecular weight excluding hydrogens is 348 g/mol. The van der Waals surface area contributed by atoms with Crippen LogP contribution in [0.3, 0.4) is 0 Å². The Kier molecular flexibility index (Phi) is 4.75. The molecule has 9 heteroatoms. The van der Waals surface area contributed by atoms with E-state index in [0.29, 0.717) is 17.1 Å². The van der Waals surface area contributed by atoms with Crippen LogP contribution in [0.25, 0.3) is 0 Å². The lowest BCUT2D eigenvalue weighted by atomic mass is 9.65. The third-order valence-corrected chi connectivity index (χ3v) is 4.54. The molecule has 1 aliphatic heterocycles. The number of hydrogen-bond donors (Lipinski definition) is 0. The van der Waals surface area contributed by atoms with Gasteiger partial charge in [0.2, 0.25) is 0 Å². The fraction of sp³-hybridized carbons (Fsp3) is 0. The van der Waals surface area contributed by atoms with Crippen molar-refractivity contribution < 1.29 is 12.9 Å². The Hall–Kier alpha value is -2.96. The van der Waals surface area contributed by atoms with Crippen molar-refractivity contribution in [2.45, 2.75) is 0 Å². The summed E-state index contributed by atoms with van der Waals surface area (Å²) < 4.78 is 49.0. The highest BCUT2D eigenvalue weighted by Crippen LogP contribution is 2.34. The lowest BCUT2D eigenvalue weighted by Crippen LogP contribution is -2.75. The summed E-state index contributed by atoms with van der Waals surface area (Å²) in [6.07, 6.45) is 0. The van der Waals surface area contributed by atoms with Crippen LogP contribution in [0.2, 0.25) is 0 Å². The highest BCUT2D eigenvalue weighted by atomic mass is 19.1. The second-order valence-corrected chi connectivity index (χ2v) is 6.16. The number of halogens is 3. The molecule has 0 radical (unpaired) electrons. The van der Waals surface area contributed by atoms with E-state index in [4.69, 9.17) is 0 Å². The van der Waals surface area contributed by atoms with Gasteiger partial charge in [-0.3, -0.25) is 12.9 Å². The van der Waals surface area contributed by atoms with Crippen LogP contribution in [-0.2, 0) is 0 Å². The van der Waals surface area contributed by atoms with Crippen molar-refractivity contribution in [3.8, 4) is 0 Å². The van der Waals surface area contributed by atoms with Gasteiger partial charge in [0.1, 0.15) is 0 Å². The number of anilines is 3. The first kappa shape index (κ1) is 17.5. The molecule has 0 aromatic heterocycles. The van der Waals surface area contributed by atoms with E-state index < -0.39 is 21.8 Å². The van der Waals surface area contributed by atoms with Gasteiger partial charge in [0.25, 0.3) is 0 Å². The topological polar surface area (TPSA) is 9.72 Å². The van der Waals surface area contributed by atoms with Crippen molar-refractivity contribution in [2.75, 3.05) is 14.2 Å². The van der Waals surface area contributed by atoms with Crippen LogP contribution in [0, 0.1) is 0 Å². The highest BCUT2D eigenvalue weighted by Gasteiger charge is 2.58. The lowest BCUT2D eigenvalue weighted by molar-refractivity contribution is 0.739. The second-order valence-electron chi connectivity index (χ2n) is 6.16. The quantitative estimate of drug-likeness (QED) is 0.640. The van der Waals surface area contributed by atoms with Crippen molar-refractivity contribution in [2.24, 2.45) is 0 Å². The van der Waals surface area contributed by atoms with Crippen LogP contribution in [0.1, 0.15) is 0 Å². The summed E-state index contributed by atoms with van der Waals surface area (Å²) >= 11 is 0. The third kappa shape index (κ3) is 3.14. The van der Waals surface area contributed by atoms with Crippen molar-refractivity contribution in [1.29, 1.82) is 0 Å². The van der Waals surface area contributed by atoms with Gasteiger partial charge in [-0.25, -0.2) is 0 Å². The van der Waals surface area contributed by atoms with Gasteiger partial charge in [0, 0.05) is 17.1 Å². The molecule has 1 fully saturated rings. The molecule has 1 saturated heterocycles. The normalized spacial score (nSPS) is 14.8. The summed E-state index contributed by atoms with van der Waals surface area (Å²) in [6, 6.07) is 25.0.